The number of pyridine rings is 1. The van der Waals surface area contributed by atoms with Crippen LogP contribution in [0.4, 0.5) is 5.69 Å². The number of piperazine rings is 1. The lowest BCUT2D eigenvalue weighted by Crippen LogP contribution is -2.63. The molecule has 0 spiro atoms. The number of nitrogens with one attached hydrogen (secondary N) is 2. The van der Waals surface area contributed by atoms with Crippen LogP contribution in [0.2, 0.25) is 0 Å². The van der Waals surface area contributed by atoms with Crippen molar-refractivity contribution in [2.24, 2.45) is 10.8 Å². The van der Waals surface area contributed by atoms with Gasteiger partial charge in [0.1, 0.15) is 17.5 Å². The molecule has 3 aromatic heterocycles. The second-order valence-corrected chi connectivity index (χ2v) is 18.9. The number of esters is 1. The number of cyclic esters (lactones) is 1. The first-order valence-corrected chi connectivity index (χ1v) is 22.4. The zero-order valence-corrected chi connectivity index (χ0v) is 41.9. The maximum Gasteiger partial charge on any atom is 0.324 e. The SMILES string of the molecule is CCn1c(-c2cc(N3CCN(C)CC3)cnc2[C@H](C)OC)c2c3cc(ccc31)-c1csc(n1)C[C@H](NC(=O)C1(COC)COC1)C(=O)N1CCC[C@H](N1)C(=O)OCC(C)(C)C2.S.S.S. The first-order chi connectivity index (χ1) is 29.3. The summed E-state index contributed by atoms with van der Waals surface area (Å²) in [7, 11) is 5.43. The highest BCUT2D eigenvalue weighted by molar-refractivity contribution is 7.59. The molecule has 3 atom stereocenters. The van der Waals surface area contributed by atoms with Gasteiger partial charge in [-0.25, -0.2) is 10.4 Å². The molecule has 2 amide bonds. The summed E-state index contributed by atoms with van der Waals surface area (Å²) < 4.78 is 25.3. The molecule has 3 saturated heterocycles. The van der Waals surface area contributed by atoms with Gasteiger partial charge in [0.25, 0.3) is 5.91 Å². The molecular formula is C45H66N8O7S4. The van der Waals surface area contributed by atoms with Crippen molar-refractivity contribution in [3.63, 3.8) is 0 Å². The summed E-state index contributed by atoms with van der Waals surface area (Å²) in [6.07, 6.45) is 3.59. The fraction of sp³-hybridized carbons (Fsp3) is 0.578. The van der Waals surface area contributed by atoms with E-state index in [1.807, 2.05) is 18.5 Å². The summed E-state index contributed by atoms with van der Waals surface area (Å²) in [6, 6.07) is 7.12. The largest absolute Gasteiger partial charge is 0.464 e. The summed E-state index contributed by atoms with van der Waals surface area (Å²) in [5.74, 6) is -1.07. The molecule has 15 nitrogen and oxygen atoms in total. The van der Waals surface area contributed by atoms with Gasteiger partial charge < -0.3 is 38.6 Å². The second-order valence-electron chi connectivity index (χ2n) is 17.9. The minimum Gasteiger partial charge on any atom is -0.464 e. The number of ether oxygens (including phenoxy) is 4. The predicted octanol–water partition coefficient (Wildman–Crippen LogP) is 4.96. The van der Waals surface area contributed by atoms with Crippen LogP contribution in [0.25, 0.3) is 33.4 Å². The number of aryl methyl sites for hydroxylation is 1. The van der Waals surface area contributed by atoms with Crippen molar-refractivity contribution < 1.29 is 33.3 Å². The van der Waals surface area contributed by atoms with Crippen molar-refractivity contribution in [2.75, 3.05) is 85.3 Å². The summed E-state index contributed by atoms with van der Waals surface area (Å²) in [4.78, 5) is 57.0. The third-order valence-corrected chi connectivity index (χ3v) is 13.6. The van der Waals surface area contributed by atoms with Gasteiger partial charge in [-0.05, 0) is 63.9 Å². The van der Waals surface area contributed by atoms with Crippen molar-refractivity contribution in [3.8, 4) is 22.5 Å². The van der Waals surface area contributed by atoms with Crippen molar-refractivity contribution in [3.05, 3.63) is 52.1 Å². The van der Waals surface area contributed by atoms with Gasteiger partial charge in [0.2, 0.25) is 5.91 Å². The Hall–Kier alpha value is -3.40. The van der Waals surface area contributed by atoms with Crippen molar-refractivity contribution in [1.82, 2.24) is 35.2 Å². The Morgan fingerprint density at radius 1 is 1.06 bits per heavy atom. The molecule has 7 heterocycles. The van der Waals surface area contributed by atoms with Gasteiger partial charge in [0.15, 0.2) is 0 Å². The van der Waals surface area contributed by atoms with Crippen LogP contribution in [0.3, 0.4) is 0 Å². The van der Waals surface area contributed by atoms with E-state index in [4.69, 9.17) is 28.9 Å². The van der Waals surface area contributed by atoms with E-state index in [0.29, 0.717) is 37.4 Å². The second kappa shape index (κ2) is 21.5. The molecule has 4 aliphatic heterocycles. The van der Waals surface area contributed by atoms with Crippen LogP contribution < -0.4 is 15.6 Å². The minimum absolute atomic E-state index is 0. The summed E-state index contributed by atoms with van der Waals surface area (Å²) in [6.45, 7) is 14.1. The number of nitrogens with zero attached hydrogens (tertiary/aromatic N) is 6. The number of hydrogen-bond acceptors (Lipinski definition) is 13. The number of hydrazine groups is 1. The number of fused-ring (bicyclic) bond motifs is 6. The average molecular weight is 959 g/mol. The number of amides is 2. The van der Waals surface area contributed by atoms with Crippen LogP contribution in [-0.2, 0) is 52.7 Å². The van der Waals surface area contributed by atoms with E-state index in [9.17, 15) is 14.4 Å². The number of carbonyl (C=O) groups is 3. The number of rotatable bonds is 9. The molecule has 1 aromatic carbocycles. The number of methoxy groups -OCH3 is 2. The lowest BCUT2D eigenvalue weighted by Gasteiger charge is -2.40. The molecule has 8 rings (SSSR count). The third-order valence-electron chi connectivity index (χ3n) is 12.7. The molecule has 0 saturated carbocycles. The molecule has 64 heavy (non-hydrogen) atoms. The number of likely N-dealkylation sites (N-methyl/N-ethyl adjacent to an activating group) is 1. The van der Waals surface area contributed by atoms with Gasteiger partial charge in [0, 0.05) is 92.7 Å². The Balaban J connectivity index is 0.00000257. The number of aromatic nitrogens is 3. The third kappa shape index (κ3) is 10.4. The highest BCUT2D eigenvalue weighted by Crippen LogP contribution is 2.43. The number of thiazole rings is 1. The molecule has 19 heteroatoms. The standard InChI is InChI=1S/C45H60N8O7S.3H2S/c1-8-52-37-12-11-29-18-31(37)33(40(52)32-19-30(22-46-39(32)28(2)58-7)51-16-14-50(5)15-17-51)21-44(3,4)24-60-42(55)34-10-9-13-53(49-34)41(54)35(20-38-47-36(29)23-61-38)48-43(56)45(25-57-6)26-59-27-45;;;/h11-12,18-19,22-23,28,34-35,49H,8-10,13-17,20-21,24-27H2,1-7H3,(H,48,56);3*1H2/t28-,34-,35-;;;/m0.../s1. The normalized spacial score (nSPS) is 21.6. The predicted molar refractivity (Wildman–Crippen MR) is 265 cm³/mol. The topological polar surface area (TPSA) is 153 Å². The molecule has 2 N–H and O–H groups in total. The Kier molecular flexibility index (Phi) is 17.3. The van der Waals surface area contributed by atoms with Crippen LogP contribution in [0.15, 0.2) is 35.8 Å². The van der Waals surface area contributed by atoms with Crippen molar-refractivity contribution in [1.29, 1.82) is 0 Å². The first-order valence-electron chi connectivity index (χ1n) is 21.5. The molecule has 3 fully saturated rings. The number of anilines is 1. The Labute approximate surface area is 401 Å². The van der Waals surface area contributed by atoms with Gasteiger partial charge in [-0.1, -0.05) is 19.9 Å². The van der Waals surface area contributed by atoms with E-state index < -0.39 is 28.9 Å². The highest BCUT2D eigenvalue weighted by Gasteiger charge is 2.48. The van der Waals surface area contributed by atoms with E-state index in [0.717, 1.165) is 76.5 Å². The molecule has 0 unspecified atom stereocenters. The van der Waals surface area contributed by atoms with E-state index in [1.54, 1.807) is 14.2 Å². The number of benzene rings is 1. The minimum atomic E-state index is -0.949. The monoisotopic (exact) mass is 958 g/mol. The lowest BCUT2D eigenvalue weighted by molar-refractivity contribution is -0.174. The van der Waals surface area contributed by atoms with Crippen LogP contribution >= 0.6 is 51.8 Å². The van der Waals surface area contributed by atoms with Crippen LogP contribution in [0.5, 0.6) is 0 Å². The maximum absolute atomic E-state index is 14.3. The molecule has 4 aromatic rings. The fourth-order valence-corrected chi connectivity index (χ4v) is 9.90. The van der Waals surface area contributed by atoms with Crippen LogP contribution in [0, 0.1) is 10.8 Å². The van der Waals surface area contributed by atoms with E-state index >= 15 is 0 Å². The van der Waals surface area contributed by atoms with E-state index in [-0.39, 0.29) is 91.3 Å². The average Bonchev–Trinajstić information content (AvgIpc) is 3.84. The summed E-state index contributed by atoms with van der Waals surface area (Å²) in [5, 5.41) is 8.30. The Morgan fingerprint density at radius 2 is 1.81 bits per heavy atom. The van der Waals surface area contributed by atoms with Gasteiger partial charge in [0.05, 0.1) is 66.5 Å². The quantitative estimate of drug-likeness (QED) is 0.219. The zero-order chi connectivity index (χ0) is 43.1. The number of hydrogen-bond donors (Lipinski definition) is 2. The fourth-order valence-electron chi connectivity index (χ4n) is 9.05. The zero-order valence-electron chi connectivity index (χ0n) is 38.0. The summed E-state index contributed by atoms with van der Waals surface area (Å²) >= 11 is 1.46. The Morgan fingerprint density at radius 3 is 2.48 bits per heavy atom. The van der Waals surface area contributed by atoms with Gasteiger partial charge in [-0.2, -0.15) is 40.5 Å². The van der Waals surface area contributed by atoms with Crippen LogP contribution in [0.1, 0.15) is 62.9 Å². The van der Waals surface area contributed by atoms with Crippen molar-refractivity contribution in [2.45, 2.75) is 78.1 Å². The van der Waals surface area contributed by atoms with E-state index in [1.165, 1.54) is 16.3 Å². The van der Waals surface area contributed by atoms with E-state index in [2.05, 4.69) is 77.2 Å². The van der Waals surface area contributed by atoms with Crippen molar-refractivity contribution >= 4 is 86.2 Å². The molecule has 0 radical (unpaired) electrons. The van der Waals surface area contributed by atoms with Crippen LogP contribution in [-0.4, -0.2) is 135 Å². The smallest absolute Gasteiger partial charge is 0.324 e. The van der Waals surface area contributed by atoms with Gasteiger partial charge in [-0.15, -0.1) is 11.3 Å². The molecular weight excluding hydrogens is 893 g/mol. The summed E-state index contributed by atoms with van der Waals surface area (Å²) in [5.41, 5.74) is 9.78. The first kappa shape index (κ1) is 51.6. The van der Waals surface area contributed by atoms with Gasteiger partial charge in [-0.3, -0.25) is 24.4 Å². The molecule has 4 aliphatic rings. The molecule has 6 bridgehead atoms. The Bertz CT molecular complexity index is 2280. The van der Waals surface area contributed by atoms with Gasteiger partial charge >= 0.3 is 5.97 Å². The highest BCUT2D eigenvalue weighted by atomic mass is 32.1. The molecule has 0 aliphatic carbocycles. The lowest BCUT2D eigenvalue weighted by atomic mass is 9.84. The maximum atomic E-state index is 14.3. The molecule has 352 valence electrons. The number of carbonyl (C=O) groups excluding carboxylic acids is 3.